The molecule has 1 aliphatic rings. The lowest BCUT2D eigenvalue weighted by Gasteiger charge is -2.34. The van der Waals surface area contributed by atoms with Gasteiger partial charge in [0.15, 0.2) is 9.84 Å². The van der Waals surface area contributed by atoms with Crippen molar-refractivity contribution in [2.75, 3.05) is 18.6 Å². The van der Waals surface area contributed by atoms with Gasteiger partial charge in [-0.1, -0.05) is 0 Å². The van der Waals surface area contributed by atoms with Gasteiger partial charge in [-0.3, -0.25) is 9.59 Å². The maximum absolute atomic E-state index is 12.6. The summed E-state index contributed by atoms with van der Waals surface area (Å²) in [6, 6.07) is -0.343. The standard InChI is InChI=1S/C14H26N2O4S/c1-13(2,3)15-11(17)14(4,5)12(18)16(6)10-7-8-21(19,20)9-10/h10H,7-9H2,1-6H3,(H,15,17). The molecule has 2 amide bonds. The smallest absolute Gasteiger partial charge is 0.237 e. The molecule has 1 fully saturated rings. The largest absolute Gasteiger partial charge is 0.351 e. The van der Waals surface area contributed by atoms with Crippen molar-refractivity contribution in [2.45, 2.75) is 52.6 Å². The summed E-state index contributed by atoms with van der Waals surface area (Å²) in [5, 5.41) is 2.80. The van der Waals surface area contributed by atoms with Gasteiger partial charge in [0.2, 0.25) is 11.8 Å². The van der Waals surface area contributed by atoms with Crippen LogP contribution in [0.4, 0.5) is 0 Å². The van der Waals surface area contributed by atoms with E-state index in [-0.39, 0.29) is 29.4 Å². The minimum atomic E-state index is -3.06. The molecule has 122 valence electrons. The highest BCUT2D eigenvalue weighted by Crippen LogP contribution is 2.24. The zero-order valence-electron chi connectivity index (χ0n) is 13.7. The number of amides is 2. The Labute approximate surface area is 127 Å². The summed E-state index contributed by atoms with van der Waals surface area (Å²) < 4.78 is 23.0. The van der Waals surface area contributed by atoms with Gasteiger partial charge in [0, 0.05) is 18.6 Å². The van der Waals surface area contributed by atoms with Gasteiger partial charge in [0.05, 0.1) is 11.5 Å². The van der Waals surface area contributed by atoms with E-state index in [4.69, 9.17) is 0 Å². The molecule has 1 saturated heterocycles. The lowest BCUT2D eigenvalue weighted by Crippen LogP contribution is -2.54. The highest BCUT2D eigenvalue weighted by Gasteiger charge is 2.43. The lowest BCUT2D eigenvalue weighted by atomic mass is 9.88. The Morgan fingerprint density at radius 2 is 1.67 bits per heavy atom. The van der Waals surface area contributed by atoms with Crippen molar-refractivity contribution in [2.24, 2.45) is 5.41 Å². The molecular weight excluding hydrogens is 292 g/mol. The van der Waals surface area contributed by atoms with E-state index in [9.17, 15) is 18.0 Å². The molecule has 6 nitrogen and oxygen atoms in total. The van der Waals surface area contributed by atoms with E-state index in [1.165, 1.54) is 4.90 Å². The molecule has 0 aromatic rings. The first-order valence-electron chi connectivity index (χ1n) is 7.06. The summed E-state index contributed by atoms with van der Waals surface area (Å²) in [5.74, 6) is -0.630. The number of nitrogens with one attached hydrogen (secondary N) is 1. The fraction of sp³-hybridized carbons (Fsp3) is 0.857. The van der Waals surface area contributed by atoms with E-state index < -0.39 is 20.8 Å². The molecule has 21 heavy (non-hydrogen) atoms. The average Bonchev–Trinajstić information content (AvgIpc) is 2.65. The Bertz CT molecular complexity index is 532. The van der Waals surface area contributed by atoms with Crippen LogP contribution >= 0.6 is 0 Å². The molecule has 0 spiro atoms. The third-order valence-electron chi connectivity index (χ3n) is 3.67. The van der Waals surface area contributed by atoms with E-state index >= 15 is 0 Å². The van der Waals surface area contributed by atoms with Crippen LogP contribution in [0.2, 0.25) is 0 Å². The SMILES string of the molecule is CN(C(=O)C(C)(C)C(=O)NC(C)(C)C)C1CCS(=O)(=O)C1. The molecule has 1 unspecified atom stereocenters. The molecule has 0 aliphatic carbocycles. The number of rotatable bonds is 3. The quantitative estimate of drug-likeness (QED) is 0.771. The predicted molar refractivity (Wildman–Crippen MR) is 81.5 cm³/mol. The Morgan fingerprint density at radius 1 is 1.14 bits per heavy atom. The highest BCUT2D eigenvalue weighted by molar-refractivity contribution is 7.91. The van der Waals surface area contributed by atoms with Crippen molar-refractivity contribution in [3.05, 3.63) is 0 Å². The van der Waals surface area contributed by atoms with Crippen molar-refractivity contribution in [3.8, 4) is 0 Å². The van der Waals surface area contributed by atoms with Crippen LogP contribution in [-0.4, -0.2) is 55.3 Å². The Balaban J connectivity index is 2.83. The maximum Gasteiger partial charge on any atom is 0.237 e. The Hall–Kier alpha value is -1.11. The summed E-state index contributed by atoms with van der Waals surface area (Å²) in [7, 11) is -1.49. The predicted octanol–water partition coefficient (Wildman–Crippen LogP) is 0.573. The van der Waals surface area contributed by atoms with E-state index in [0.717, 1.165) is 0 Å². The number of sulfone groups is 1. The zero-order chi connectivity index (χ0) is 16.6. The van der Waals surface area contributed by atoms with Gasteiger partial charge in [-0.05, 0) is 41.0 Å². The van der Waals surface area contributed by atoms with Gasteiger partial charge in [-0.15, -0.1) is 0 Å². The minimum absolute atomic E-state index is 0.0216. The first-order valence-corrected chi connectivity index (χ1v) is 8.89. The third-order valence-corrected chi connectivity index (χ3v) is 5.42. The lowest BCUT2D eigenvalue weighted by molar-refractivity contribution is -0.149. The van der Waals surface area contributed by atoms with E-state index in [2.05, 4.69) is 5.32 Å². The number of hydrogen-bond acceptors (Lipinski definition) is 4. The summed E-state index contributed by atoms with van der Waals surface area (Å²) in [4.78, 5) is 26.3. The van der Waals surface area contributed by atoms with Crippen molar-refractivity contribution in [3.63, 3.8) is 0 Å². The topological polar surface area (TPSA) is 83.6 Å². The molecule has 1 heterocycles. The van der Waals surface area contributed by atoms with Crippen LogP contribution in [0.15, 0.2) is 0 Å². The first-order chi connectivity index (χ1) is 9.26. The molecule has 1 aliphatic heterocycles. The summed E-state index contributed by atoms with van der Waals surface area (Å²) >= 11 is 0. The molecular formula is C14H26N2O4S. The molecule has 7 heteroatoms. The molecule has 0 aromatic heterocycles. The normalized spacial score (nSPS) is 21.9. The zero-order valence-corrected chi connectivity index (χ0v) is 14.5. The fourth-order valence-corrected chi connectivity index (χ4v) is 4.06. The third kappa shape index (κ3) is 4.43. The molecule has 1 N–H and O–H groups in total. The van der Waals surface area contributed by atoms with Gasteiger partial charge in [-0.25, -0.2) is 8.42 Å². The summed E-state index contributed by atoms with van der Waals surface area (Å²) in [5.41, 5.74) is -1.65. The van der Waals surface area contributed by atoms with Crippen LogP contribution in [0.25, 0.3) is 0 Å². The number of carbonyl (C=O) groups excluding carboxylic acids is 2. The Kier molecular flexibility index (Phi) is 4.77. The van der Waals surface area contributed by atoms with Crippen molar-refractivity contribution in [1.29, 1.82) is 0 Å². The molecule has 1 atom stereocenters. The Morgan fingerprint density at radius 3 is 2.05 bits per heavy atom. The monoisotopic (exact) mass is 318 g/mol. The second-order valence-electron chi connectivity index (χ2n) is 7.30. The van der Waals surface area contributed by atoms with Gasteiger partial charge in [0.1, 0.15) is 5.41 Å². The molecule has 1 rings (SSSR count). The molecule has 0 aromatic carbocycles. The van der Waals surface area contributed by atoms with Crippen LogP contribution in [-0.2, 0) is 19.4 Å². The number of nitrogens with zero attached hydrogens (tertiary/aromatic N) is 1. The molecule has 0 saturated carbocycles. The van der Waals surface area contributed by atoms with Gasteiger partial charge >= 0.3 is 0 Å². The van der Waals surface area contributed by atoms with Crippen molar-refractivity contribution < 1.29 is 18.0 Å². The fourth-order valence-electron chi connectivity index (χ4n) is 2.28. The first kappa shape index (κ1) is 17.9. The van der Waals surface area contributed by atoms with E-state index in [0.29, 0.717) is 6.42 Å². The van der Waals surface area contributed by atoms with Crippen LogP contribution < -0.4 is 5.32 Å². The second-order valence-corrected chi connectivity index (χ2v) is 9.53. The van der Waals surface area contributed by atoms with Crippen LogP contribution in [0.1, 0.15) is 41.0 Å². The molecule has 0 bridgehead atoms. The highest BCUT2D eigenvalue weighted by atomic mass is 32.2. The van der Waals surface area contributed by atoms with Gasteiger partial charge in [-0.2, -0.15) is 0 Å². The average molecular weight is 318 g/mol. The molecule has 0 radical (unpaired) electrons. The van der Waals surface area contributed by atoms with Crippen molar-refractivity contribution in [1.82, 2.24) is 10.2 Å². The second kappa shape index (κ2) is 5.59. The number of carbonyl (C=O) groups is 2. The van der Waals surface area contributed by atoms with Gasteiger partial charge < -0.3 is 10.2 Å². The summed E-state index contributed by atoms with van der Waals surface area (Å²) in [6.07, 6.45) is 0.432. The van der Waals surface area contributed by atoms with Crippen LogP contribution in [0, 0.1) is 5.41 Å². The summed E-state index contributed by atoms with van der Waals surface area (Å²) in [6.45, 7) is 8.67. The maximum atomic E-state index is 12.6. The van der Waals surface area contributed by atoms with Crippen molar-refractivity contribution >= 4 is 21.7 Å². The van der Waals surface area contributed by atoms with Gasteiger partial charge in [0.25, 0.3) is 0 Å². The van der Waals surface area contributed by atoms with E-state index in [1.807, 2.05) is 20.8 Å². The number of hydrogen-bond donors (Lipinski definition) is 1. The van der Waals surface area contributed by atoms with E-state index in [1.54, 1.807) is 20.9 Å². The van der Waals surface area contributed by atoms with Crippen LogP contribution in [0.5, 0.6) is 0 Å². The minimum Gasteiger partial charge on any atom is -0.351 e. The van der Waals surface area contributed by atoms with Crippen LogP contribution in [0.3, 0.4) is 0 Å².